The summed E-state index contributed by atoms with van der Waals surface area (Å²) in [5.74, 6) is 2.16. The van der Waals surface area contributed by atoms with Crippen molar-refractivity contribution in [3.63, 3.8) is 0 Å². The van der Waals surface area contributed by atoms with Crippen LogP contribution in [0.15, 0.2) is 71.6 Å². The Kier molecular flexibility index (Phi) is 10.1. The van der Waals surface area contributed by atoms with Crippen molar-refractivity contribution < 1.29 is 22.3 Å². The molecule has 0 spiro atoms. The molecule has 0 saturated heterocycles. The Morgan fingerprint density at radius 1 is 1.11 bits per heavy atom. The Morgan fingerprint density at radius 3 is 2.46 bits per heavy atom. The van der Waals surface area contributed by atoms with Gasteiger partial charge in [-0.2, -0.15) is 4.72 Å². The molecule has 0 aliphatic heterocycles. The van der Waals surface area contributed by atoms with Crippen LogP contribution < -0.4 is 9.46 Å². The van der Waals surface area contributed by atoms with Crippen LogP contribution >= 0.6 is 11.6 Å². The average Bonchev–Trinajstić information content (AvgIpc) is 2.89. The van der Waals surface area contributed by atoms with Crippen LogP contribution in [0.25, 0.3) is 0 Å². The van der Waals surface area contributed by atoms with Crippen molar-refractivity contribution in [1.82, 2.24) is 9.62 Å². The Labute approximate surface area is 222 Å². The smallest absolute Gasteiger partial charge is 0.254 e. The maximum atomic E-state index is 13.5. The zero-order valence-corrected chi connectivity index (χ0v) is 22.0. The summed E-state index contributed by atoms with van der Waals surface area (Å²) in [6.07, 6.45) is 6.41. The lowest BCUT2D eigenvalue weighted by Gasteiger charge is -2.24. The van der Waals surface area contributed by atoms with Gasteiger partial charge in [0.15, 0.2) is 0 Å². The molecule has 37 heavy (non-hydrogen) atoms. The molecule has 0 atom stereocenters. The van der Waals surface area contributed by atoms with Gasteiger partial charge in [-0.05, 0) is 73.0 Å². The molecule has 0 saturated carbocycles. The number of amides is 1. The molecule has 3 rings (SSSR count). The third-order valence-corrected chi connectivity index (χ3v) is 7.14. The van der Waals surface area contributed by atoms with E-state index in [1.165, 1.54) is 36.4 Å². The second-order valence-corrected chi connectivity index (χ2v) is 10.5. The predicted octanol–water partition coefficient (Wildman–Crippen LogP) is 5.06. The minimum Gasteiger partial charge on any atom is -0.493 e. The molecule has 0 aliphatic carbocycles. The third-order valence-electron chi connectivity index (χ3n) is 5.49. The standard InChI is InChI=1S/C28H28ClFN2O4S/c1-3-16-31-37(34,35)26-12-5-21(6-13-26)15-17-32(28(33)22-7-10-25(30)11-8-22)20-23-19-24(29)9-14-27(23)36-18-4-2/h1,5-14,19,31H,4,15-18,20H2,2H3. The molecule has 0 radical (unpaired) electrons. The molecule has 3 aromatic carbocycles. The normalized spacial score (nSPS) is 11.1. The number of nitrogens with one attached hydrogen (secondary N) is 1. The molecular formula is C28H28ClFN2O4S. The van der Waals surface area contributed by atoms with Gasteiger partial charge in [-0.15, -0.1) is 6.42 Å². The maximum Gasteiger partial charge on any atom is 0.254 e. The number of rotatable bonds is 12. The van der Waals surface area contributed by atoms with Gasteiger partial charge in [-0.1, -0.05) is 36.6 Å². The summed E-state index contributed by atoms with van der Waals surface area (Å²) >= 11 is 6.24. The van der Waals surface area contributed by atoms with Crippen LogP contribution in [0.4, 0.5) is 4.39 Å². The highest BCUT2D eigenvalue weighted by molar-refractivity contribution is 7.89. The quantitative estimate of drug-likeness (QED) is 0.324. The zero-order chi connectivity index (χ0) is 26.8. The van der Waals surface area contributed by atoms with Crippen LogP contribution in [-0.4, -0.2) is 38.9 Å². The van der Waals surface area contributed by atoms with Crippen LogP contribution in [0.1, 0.15) is 34.8 Å². The first kappa shape index (κ1) is 28.2. The van der Waals surface area contributed by atoms with Crippen LogP contribution in [-0.2, 0) is 23.0 Å². The molecule has 3 aromatic rings. The third kappa shape index (κ3) is 8.05. The Bertz CT molecular complexity index is 1350. The van der Waals surface area contributed by atoms with E-state index in [1.54, 1.807) is 35.2 Å². The van der Waals surface area contributed by atoms with E-state index in [4.69, 9.17) is 22.8 Å². The highest BCUT2D eigenvalue weighted by Crippen LogP contribution is 2.26. The molecular weight excluding hydrogens is 515 g/mol. The lowest BCUT2D eigenvalue weighted by Crippen LogP contribution is -2.32. The van der Waals surface area contributed by atoms with Crippen LogP contribution in [0.2, 0.25) is 5.02 Å². The summed E-state index contributed by atoms with van der Waals surface area (Å²) in [4.78, 5) is 15.1. The number of ether oxygens (including phenoxy) is 1. The molecule has 0 bridgehead atoms. The number of terminal acetylenes is 1. The fourth-order valence-corrected chi connectivity index (χ4v) is 4.71. The van der Waals surface area contributed by atoms with Crippen LogP contribution in [0.5, 0.6) is 5.75 Å². The predicted molar refractivity (Wildman–Crippen MR) is 143 cm³/mol. The Morgan fingerprint density at radius 2 is 1.81 bits per heavy atom. The van der Waals surface area contributed by atoms with Crippen molar-refractivity contribution in [2.24, 2.45) is 0 Å². The molecule has 9 heteroatoms. The van der Waals surface area contributed by atoms with Crippen LogP contribution in [0, 0.1) is 18.2 Å². The van der Waals surface area contributed by atoms with Gasteiger partial charge in [0.1, 0.15) is 11.6 Å². The Balaban J connectivity index is 1.83. The molecule has 0 aliphatic rings. The van der Waals surface area contributed by atoms with E-state index in [1.807, 2.05) is 6.92 Å². The number of carbonyl (C=O) groups excluding carboxylic acids is 1. The second kappa shape index (κ2) is 13.2. The molecule has 0 fully saturated rings. The van der Waals surface area contributed by atoms with Gasteiger partial charge in [-0.25, -0.2) is 12.8 Å². The summed E-state index contributed by atoms with van der Waals surface area (Å²) in [6, 6.07) is 17.0. The van der Waals surface area contributed by atoms with E-state index < -0.39 is 15.8 Å². The largest absolute Gasteiger partial charge is 0.493 e. The topological polar surface area (TPSA) is 75.7 Å². The van der Waals surface area contributed by atoms with E-state index in [9.17, 15) is 17.6 Å². The summed E-state index contributed by atoms with van der Waals surface area (Å²) in [5.41, 5.74) is 1.93. The number of benzene rings is 3. The number of hydrogen-bond acceptors (Lipinski definition) is 4. The van der Waals surface area contributed by atoms with Gasteiger partial charge < -0.3 is 9.64 Å². The minimum atomic E-state index is -3.69. The minimum absolute atomic E-state index is 0.0992. The summed E-state index contributed by atoms with van der Waals surface area (Å²) < 4.78 is 46.2. The summed E-state index contributed by atoms with van der Waals surface area (Å²) in [5, 5.41) is 0.517. The van der Waals surface area contributed by atoms with Crippen molar-refractivity contribution in [3.05, 3.63) is 94.3 Å². The summed E-state index contributed by atoms with van der Waals surface area (Å²) in [6.45, 7) is 2.96. The molecule has 1 N–H and O–H groups in total. The van der Waals surface area contributed by atoms with Crippen molar-refractivity contribution in [3.8, 4) is 18.1 Å². The van der Waals surface area contributed by atoms with Crippen molar-refractivity contribution >= 4 is 27.5 Å². The molecule has 0 heterocycles. The fraction of sp³-hybridized carbons (Fsp3) is 0.250. The Hall–Kier alpha value is -3.38. The number of sulfonamides is 1. The average molecular weight is 543 g/mol. The first-order chi connectivity index (χ1) is 17.7. The fourth-order valence-electron chi connectivity index (χ4n) is 3.58. The monoisotopic (exact) mass is 542 g/mol. The lowest BCUT2D eigenvalue weighted by molar-refractivity contribution is 0.0743. The zero-order valence-electron chi connectivity index (χ0n) is 20.4. The first-order valence-corrected chi connectivity index (χ1v) is 13.6. The van der Waals surface area contributed by atoms with E-state index >= 15 is 0 Å². The lowest BCUT2D eigenvalue weighted by atomic mass is 10.1. The molecule has 0 aromatic heterocycles. The number of halogens is 2. The highest BCUT2D eigenvalue weighted by Gasteiger charge is 2.19. The number of nitrogens with zero attached hydrogens (tertiary/aromatic N) is 1. The van der Waals surface area contributed by atoms with Gasteiger partial charge in [0.25, 0.3) is 5.91 Å². The SMILES string of the molecule is C#CCNS(=O)(=O)c1ccc(CCN(Cc2cc(Cl)ccc2OCCC)C(=O)c2ccc(F)cc2)cc1. The van der Waals surface area contributed by atoms with E-state index in [0.29, 0.717) is 35.9 Å². The van der Waals surface area contributed by atoms with Crippen molar-refractivity contribution in [2.45, 2.75) is 31.2 Å². The number of hydrogen-bond donors (Lipinski definition) is 1. The van der Waals surface area contributed by atoms with Gasteiger partial charge in [-0.3, -0.25) is 4.79 Å². The van der Waals surface area contributed by atoms with Crippen molar-refractivity contribution in [2.75, 3.05) is 19.7 Å². The first-order valence-electron chi connectivity index (χ1n) is 11.7. The number of carbonyl (C=O) groups is 1. The van der Waals surface area contributed by atoms with E-state index in [-0.39, 0.29) is 23.9 Å². The van der Waals surface area contributed by atoms with E-state index in [0.717, 1.165) is 17.5 Å². The van der Waals surface area contributed by atoms with Gasteiger partial charge in [0.2, 0.25) is 10.0 Å². The van der Waals surface area contributed by atoms with Gasteiger partial charge in [0.05, 0.1) is 18.0 Å². The van der Waals surface area contributed by atoms with E-state index in [2.05, 4.69) is 10.6 Å². The van der Waals surface area contributed by atoms with Gasteiger partial charge >= 0.3 is 0 Å². The molecule has 194 valence electrons. The van der Waals surface area contributed by atoms with Crippen molar-refractivity contribution in [1.29, 1.82) is 0 Å². The maximum absolute atomic E-state index is 13.5. The molecule has 0 unspecified atom stereocenters. The molecule has 1 amide bonds. The second-order valence-electron chi connectivity index (χ2n) is 8.26. The summed E-state index contributed by atoms with van der Waals surface area (Å²) in [7, 11) is -3.69. The van der Waals surface area contributed by atoms with Crippen LogP contribution in [0.3, 0.4) is 0 Å². The van der Waals surface area contributed by atoms with Gasteiger partial charge in [0, 0.05) is 29.2 Å². The highest BCUT2D eigenvalue weighted by atomic mass is 35.5. The molecule has 6 nitrogen and oxygen atoms in total.